The van der Waals surface area contributed by atoms with Crippen LogP contribution in [0.4, 0.5) is 11.4 Å². The monoisotopic (exact) mass is 452 g/mol. The third kappa shape index (κ3) is 6.03. The third-order valence-electron chi connectivity index (χ3n) is 5.05. The van der Waals surface area contributed by atoms with Gasteiger partial charge in [0.15, 0.2) is 12.4 Å². The lowest BCUT2D eigenvalue weighted by Gasteiger charge is -2.17. The van der Waals surface area contributed by atoms with Gasteiger partial charge < -0.3 is 19.7 Å². The summed E-state index contributed by atoms with van der Waals surface area (Å²) < 4.78 is 10.0. The van der Waals surface area contributed by atoms with Crippen molar-refractivity contribution in [3.05, 3.63) is 59.7 Å². The van der Waals surface area contributed by atoms with Gasteiger partial charge in [0.2, 0.25) is 5.91 Å². The van der Waals surface area contributed by atoms with Crippen LogP contribution < -0.4 is 10.2 Å². The number of hydrogen-bond donors (Lipinski definition) is 1. The zero-order valence-corrected chi connectivity index (χ0v) is 18.3. The van der Waals surface area contributed by atoms with Crippen molar-refractivity contribution < 1.29 is 33.4 Å². The minimum Gasteiger partial charge on any atom is -0.462 e. The van der Waals surface area contributed by atoms with E-state index in [0.29, 0.717) is 22.5 Å². The number of amides is 2. The van der Waals surface area contributed by atoms with Gasteiger partial charge >= 0.3 is 11.9 Å². The molecular weight excluding hydrogens is 428 g/mol. The van der Waals surface area contributed by atoms with Gasteiger partial charge in [-0.1, -0.05) is 12.1 Å². The molecule has 0 spiro atoms. The average Bonchev–Trinajstić information content (AvgIpc) is 3.19. The summed E-state index contributed by atoms with van der Waals surface area (Å²) in [4.78, 5) is 61.5. The summed E-state index contributed by atoms with van der Waals surface area (Å²) in [6.07, 6.45) is -0.0409. The van der Waals surface area contributed by atoms with E-state index < -0.39 is 30.4 Å². The lowest BCUT2D eigenvalue weighted by atomic mass is 10.1. The summed E-state index contributed by atoms with van der Waals surface area (Å²) in [6, 6.07) is 12.7. The van der Waals surface area contributed by atoms with Gasteiger partial charge in [-0.2, -0.15) is 0 Å². The Balaban J connectivity index is 1.52. The fourth-order valence-electron chi connectivity index (χ4n) is 3.37. The third-order valence-corrected chi connectivity index (χ3v) is 5.05. The van der Waals surface area contributed by atoms with E-state index in [1.807, 2.05) is 0 Å². The molecule has 0 bridgehead atoms. The normalized spacial score (nSPS) is 15.2. The number of ketones is 1. The maximum Gasteiger partial charge on any atom is 0.338 e. The predicted octanol–water partition coefficient (Wildman–Crippen LogP) is 2.60. The van der Waals surface area contributed by atoms with E-state index in [-0.39, 0.29) is 31.3 Å². The van der Waals surface area contributed by atoms with Crippen LogP contribution in [-0.2, 0) is 23.9 Å². The van der Waals surface area contributed by atoms with E-state index in [2.05, 4.69) is 5.32 Å². The van der Waals surface area contributed by atoms with Crippen molar-refractivity contribution in [2.24, 2.45) is 5.92 Å². The number of hydrogen-bond acceptors (Lipinski definition) is 7. The number of anilines is 2. The second-order valence-corrected chi connectivity index (χ2v) is 7.47. The van der Waals surface area contributed by atoms with Crippen LogP contribution >= 0.6 is 0 Å². The summed E-state index contributed by atoms with van der Waals surface area (Å²) in [5, 5.41) is 2.57. The Hall–Kier alpha value is -4.01. The highest BCUT2D eigenvalue weighted by Gasteiger charge is 2.36. The summed E-state index contributed by atoms with van der Waals surface area (Å²) in [7, 11) is 0. The van der Waals surface area contributed by atoms with Gasteiger partial charge in [0, 0.05) is 29.9 Å². The van der Waals surface area contributed by atoms with Gasteiger partial charge in [0.25, 0.3) is 5.91 Å². The maximum atomic E-state index is 12.4. The maximum absolute atomic E-state index is 12.4. The molecule has 9 heteroatoms. The summed E-state index contributed by atoms with van der Waals surface area (Å²) in [5.41, 5.74) is 1.77. The lowest BCUT2D eigenvalue weighted by Crippen LogP contribution is -2.28. The summed E-state index contributed by atoms with van der Waals surface area (Å²) in [5.74, 6) is -2.77. The highest BCUT2D eigenvalue weighted by atomic mass is 16.5. The van der Waals surface area contributed by atoms with Crippen molar-refractivity contribution in [2.75, 3.05) is 30.0 Å². The first-order valence-corrected chi connectivity index (χ1v) is 10.4. The van der Waals surface area contributed by atoms with E-state index >= 15 is 0 Å². The summed E-state index contributed by atoms with van der Waals surface area (Å²) >= 11 is 0. The van der Waals surface area contributed by atoms with E-state index in [9.17, 15) is 24.0 Å². The smallest absolute Gasteiger partial charge is 0.338 e. The van der Waals surface area contributed by atoms with Crippen LogP contribution in [0.1, 0.15) is 41.0 Å². The van der Waals surface area contributed by atoms with Crippen LogP contribution in [0.3, 0.4) is 0 Å². The molecule has 3 rings (SSSR count). The first kappa shape index (κ1) is 23.6. The molecule has 172 valence electrons. The second-order valence-electron chi connectivity index (χ2n) is 7.47. The molecule has 2 aromatic rings. The van der Waals surface area contributed by atoms with Crippen molar-refractivity contribution in [3.63, 3.8) is 0 Å². The second kappa shape index (κ2) is 10.5. The van der Waals surface area contributed by atoms with E-state index in [1.165, 1.54) is 17.9 Å². The number of ether oxygens (including phenoxy) is 2. The topological polar surface area (TPSA) is 119 Å². The average molecular weight is 452 g/mol. The van der Waals surface area contributed by atoms with Gasteiger partial charge in [-0.25, -0.2) is 4.79 Å². The Kier molecular flexibility index (Phi) is 7.55. The summed E-state index contributed by atoms with van der Waals surface area (Å²) in [6.45, 7) is 2.99. The first-order valence-electron chi connectivity index (χ1n) is 10.4. The fourth-order valence-corrected chi connectivity index (χ4v) is 3.37. The molecule has 0 radical (unpaired) electrons. The number of carbonyl (C=O) groups is 5. The zero-order chi connectivity index (χ0) is 24.0. The van der Waals surface area contributed by atoms with E-state index in [4.69, 9.17) is 9.47 Å². The van der Waals surface area contributed by atoms with Crippen LogP contribution in [0.25, 0.3) is 0 Å². The van der Waals surface area contributed by atoms with Gasteiger partial charge in [-0.15, -0.1) is 0 Å². The van der Waals surface area contributed by atoms with E-state index in [0.717, 1.165) is 0 Å². The molecule has 0 aromatic heterocycles. The van der Waals surface area contributed by atoms with Crippen molar-refractivity contribution in [2.45, 2.75) is 20.3 Å². The molecule has 1 aliphatic rings. The Morgan fingerprint density at radius 3 is 2.42 bits per heavy atom. The van der Waals surface area contributed by atoms with Crippen LogP contribution in [0.2, 0.25) is 0 Å². The predicted molar refractivity (Wildman–Crippen MR) is 119 cm³/mol. The van der Waals surface area contributed by atoms with E-state index in [1.54, 1.807) is 49.4 Å². The minimum absolute atomic E-state index is 0.0409. The Bertz CT molecular complexity index is 1080. The number of esters is 2. The highest BCUT2D eigenvalue weighted by molar-refractivity contribution is 6.01. The number of rotatable bonds is 8. The molecule has 2 aromatic carbocycles. The molecule has 1 N–H and O–H groups in total. The number of nitrogens with one attached hydrogen (secondary N) is 1. The molecule has 2 amide bonds. The van der Waals surface area contributed by atoms with Crippen LogP contribution in [0, 0.1) is 5.92 Å². The quantitative estimate of drug-likeness (QED) is 0.483. The van der Waals surface area contributed by atoms with Gasteiger partial charge in [0.05, 0.1) is 18.1 Å². The molecule has 1 fully saturated rings. The van der Waals surface area contributed by atoms with Crippen molar-refractivity contribution >= 4 is 40.9 Å². The Morgan fingerprint density at radius 1 is 1.03 bits per heavy atom. The molecule has 33 heavy (non-hydrogen) atoms. The highest BCUT2D eigenvalue weighted by Crippen LogP contribution is 2.26. The van der Waals surface area contributed by atoms with Crippen LogP contribution in [0.5, 0.6) is 0 Å². The molecule has 0 aliphatic carbocycles. The molecule has 1 heterocycles. The Labute approximate surface area is 190 Å². The van der Waals surface area contributed by atoms with Crippen LogP contribution in [-0.4, -0.2) is 49.3 Å². The number of carbonyl (C=O) groups excluding carboxylic acids is 5. The first-order chi connectivity index (χ1) is 15.8. The molecule has 1 aliphatic heterocycles. The number of nitrogens with zero attached hydrogens (tertiary/aromatic N) is 1. The molecule has 9 nitrogen and oxygen atoms in total. The molecule has 0 saturated carbocycles. The fraction of sp³-hybridized carbons (Fsp3) is 0.292. The molecular formula is C24H24N2O7. The van der Waals surface area contributed by atoms with Crippen molar-refractivity contribution in [3.8, 4) is 0 Å². The minimum atomic E-state index is -0.712. The van der Waals surface area contributed by atoms with Crippen molar-refractivity contribution in [1.29, 1.82) is 0 Å². The van der Waals surface area contributed by atoms with Gasteiger partial charge in [-0.3, -0.25) is 19.2 Å². The Morgan fingerprint density at radius 2 is 1.76 bits per heavy atom. The van der Waals surface area contributed by atoms with Gasteiger partial charge in [0.1, 0.15) is 0 Å². The molecule has 1 atom stereocenters. The number of benzene rings is 2. The SMILES string of the molecule is CCOC(=O)c1ccc(N2C[C@@H](C(=O)OCC(=O)Nc3cccc(C(C)=O)c3)CC2=O)cc1. The molecule has 0 unspecified atom stereocenters. The van der Waals surface area contributed by atoms with Crippen LogP contribution in [0.15, 0.2) is 48.5 Å². The largest absolute Gasteiger partial charge is 0.462 e. The standard InChI is InChI=1S/C24H24N2O7/c1-3-32-23(30)16-7-9-20(10-8-16)26-13-18(12-22(26)29)24(31)33-14-21(28)25-19-6-4-5-17(11-19)15(2)27/h4-11,18H,3,12-14H2,1-2H3,(H,25,28)/t18-/m0/s1. The molecule has 1 saturated heterocycles. The van der Waals surface area contributed by atoms with Crippen molar-refractivity contribution in [1.82, 2.24) is 0 Å². The number of Topliss-reactive ketones (excluding diaryl/α,β-unsaturated/α-hetero) is 1. The zero-order valence-electron chi connectivity index (χ0n) is 18.3. The van der Waals surface area contributed by atoms with Gasteiger partial charge in [-0.05, 0) is 50.2 Å². The lowest BCUT2D eigenvalue weighted by molar-refractivity contribution is -0.151.